The number of hydrogen-bond donors (Lipinski definition) is 2. The van der Waals surface area contributed by atoms with Gasteiger partial charge in [-0.15, -0.1) is 0 Å². The summed E-state index contributed by atoms with van der Waals surface area (Å²) >= 11 is 8.65. The molecule has 1 aromatic rings. The fourth-order valence-electron chi connectivity index (χ4n) is 3.62. The Morgan fingerprint density at radius 2 is 2.23 bits per heavy atom. The molecule has 2 saturated heterocycles. The van der Waals surface area contributed by atoms with Crippen LogP contribution in [0.4, 0.5) is 0 Å². The molecule has 3 aliphatic heterocycles. The summed E-state index contributed by atoms with van der Waals surface area (Å²) in [6, 6.07) is 5.74. The van der Waals surface area contributed by atoms with Gasteiger partial charge in [-0.25, -0.2) is 0 Å². The summed E-state index contributed by atoms with van der Waals surface area (Å²) in [4.78, 5) is 12.7. The number of ether oxygens (including phenoxy) is 2. The van der Waals surface area contributed by atoms with E-state index in [0.717, 1.165) is 29.5 Å². The molecular weight excluding hydrogens is 368 g/mol. The average molecular weight is 383 g/mol. The zero-order chi connectivity index (χ0) is 15.4. The van der Waals surface area contributed by atoms with Crippen LogP contribution in [0.15, 0.2) is 22.7 Å². The first-order valence-corrected chi connectivity index (χ1v) is 8.44. The predicted molar refractivity (Wildman–Crippen MR) is 87.7 cm³/mol. The lowest BCUT2D eigenvalue weighted by Gasteiger charge is -2.47. The van der Waals surface area contributed by atoms with E-state index in [9.17, 15) is 4.79 Å². The quantitative estimate of drug-likeness (QED) is 0.671. The molecule has 2 fully saturated rings. The molecule has 2 N–H and O–H groups in total. The van der Waals surface area contributed by atoms with Crippen LogP contribution in [0.25, 0.3) is 0 Å². The molecule has 0 saturated carbocycles. The van der Waals surface area contributed by atoms with Crippen LogP contribution in [-0.4, -0.2) is 29.8 Å². The lowest BCUT2D eigenvalue weighted by molar-refractivity contribution is -0.134. The van der Waals surface area contributed by atoms with Crippen LogP contribution >= 0.6 is 28.1 Å². The number of thiocarbonyl (C=S) groups is 1. The number of halogens is 1. The second kappa shape index (κ2) is 4.91. The van der Waals surface area contributed by atoms with Crippen molar-refractivity contribution < 1.29 is 14.3 Å². The molecule has 2 atom stereocenters. The van der Waals surface area contributed by atoms with Crippen LogP contribution in [0.2, 0.25) is 0 Å². The highest BCUT2D eigenvalue weighted by Gasteiger charge is 2.57. The molecule has 0 radical (unpaired) electrons. The highest BCUT2D eigenvalue weighted by Crippen LogP contribution is 2.48. The minimum Gasteiger partial charge on any atom is -0.484 e. The molecule has 0 bridgehead atoms. The van der Waals surface area contributed by atoms with E-state index in [2.05, 4.69) is 26.6 Å². The van der Waals surface area contributed by atoms with E-state index >= 15 is 0 Å². The van der Waals surface area contributed by atoms with Gasteiger partial charge in [-0.05, 0) is 43.3 Å². The van der Waals surface area contributed by atoms with Gasteiger partial charge in [-0.1, -0.05) is 15.9 Å². The van der Waals surface area contributed by atoms with Gasteiger partial charge in [0.15, 0.2) is 10.7 Å². The van der Waals surface area contributed by atoms with E-state index in [1.54, 1.807) is 0 Å². The Morgan fingerprint density at radius 1 is 1.36 bits per heavy atom. The maximum absolute atomic E-state index is 12.7. The van der Waals surface area contributed by atoms with Crippen molar-refractivity contribution in [1.29, 1.82) is 0 Å². The number of fused-ring (bicyclic) bond motifs is 2. The van der Waals surface area contributed by atoms with Gasteiger partial charge >= 0.3 is 0 Å². The highest BCUT2D eigenvalue weighted by atomic mass is 79.9. The Labute approximate surface area is 141 Å². The van der Waals surface area contributed by atoms with E-state index in [1.165, 1.54) is 0 Å². The molecule has 0 aromatic heterocycles. The maximum atomic E-state index is 12.7. The summed E-state index contributed by atoms with van der Waals surface area (Å²) in [5, 5.41) is 6.28. The molecule has 5 nitrogen and oxygen atoms in total. The largest absolute Gasteiger partial charge is 0.484 e. The first-order chi connectivity index (χ1) is 10.5. The molecule has 1 amide bonds. The molecule has 116 valence electrons. The minimum absolute atomic E-state index is 0.120. The van der Waals surface area contributed by atoms with Crippen molar-refractivity contribution in [2.75, 3.05) is 13.2 Å². The summed E-state index contributed by atoms with van der Waals surface area (Å²) in [5.41, 5.74) is -0.547. The summed E-state index contributed by atoms with van der Waals surface area (Å²) in [7, 11) is 0. The van der Waals surface area contributed by atoms with Crippen molar-refractivity contribution in [3.8, 4) is 5.75 Å². The number of amides is 1. The number of carbonyl (C=O) groups is 1. The van der Waals surface area contributed by atoms with Gasteiger partial charge in [0.25, 0.3) is 5.91 Å². The molecule has 3 heterocycles. The number of hydrogen-bond acceptors (Lipinski definition) is 4. The fraction of sp³-hybridized carbons (Fsp3) is 0.467. The van der Waals surface area contributed by atoms with Gasteiger partial charge in [0.1, 0.15) is 11.4 Å². The summed E-state index contributed by atoms with van der Waals surface area (Å²) in [6.45, 7) is 1.23. The monoisotopic (exact) mass is 382 g/mol. The highest BCUT2D eigenvalue weighted by molar-refractivity contribution is 9.10. The van der Waals surface area contributed by atoms with E-state index in [1.807, 2.05) is 18.2 Å². The van der Waals surface area contributed by atoms with Crippen LogP contribution in [0.5, 0.6) is 5.75 Å². The van der Waals surface area contributed by atoms with Crippen molar-refractivity contribution in [2.45, 2.75) is 30.4 Å². The van der Waals surface area contributed by atoms with Crippen LogP contribution in [0.3, 0.4) is 0 Å². The Morgan fingerprint density at radius 3 is 2.91 bits per heavy atom. The standard InChI is InChI=1S/C15H15BrN2O3S/c16-9-2-3-11-10(6-9)15(12(19)17-13(22)18-15)7-14(21-11)4-1-5-20-8-14/h2-3,6H,1,4-5,7-8H2,(H2,17,18,19,22). The minimum atomic E-state index is -0.880. The predicted octanol–water partition coefficient (Wildman–Crippen LogP) is 1.98. The zero-order valence-corrected chi connectivity index (χ0v) is 14.2. The maximum Gasteiger partial charge on any atom is 0.256 e. The van der Waals surface area contributed by atoms with Gasteiger partial charge in [0.05, 0.1) is 6.61 Å². The summed E-state index contributed by atoms with van der Waals surface area (Å²) in [6.07, 6.45) is 2.30. The van der Waals surface area contributed by atoms with Gasteiger partial charge < -0.3 is 20.1 Å². The van der Waals surface area contributed by atoms with Gasteiger partial charge in [-0.2, -0.15) is 0 Å². The van der Waals surface area contributed by atoms with Crippen LogP contribution in [0, 0.1) is 0 Å². The third kappa shape index (κ3) is 2.06. The van der Waals surface area contributed by atoms with E-state index in [4.69, 9.17) is 21.7 Å². The Balaban J connectivity index is 1.87. The van der Waals surface area contributed by atoms with Crippen molar-refractivity contribution in [3.05, 3.63) is 28.2 Å². The zero-order valence-electron chi connectivity index (χ0n) is 11.8. The van der Waals surface area contributed by atoms with Crippen molar-refractivity contribution in [3.63, 3.8) is 0 Å². The molecule has 7 heteroatoms. The first kappa shape index (κ1) is 14.4. The summed E-state index contributed by atoms with van der Waals surface area (Å²) < 4.78 is 12.8. The number of nitrogens with one attached hydrogen (secondary N) is 2. The van der Waals surface area contributed by atoms with Gasteiger partial charge in [-0.3, -0.25) is 4.79 Å². The van der Waals surface area contributed by atoms with Crippen molar-refractivity contribution in [1.82, 2.24) is 10.6 Å². The first-order valence-electron chi connectivity index (χ1n) is 7.24. The Hall–Kier alpha value is -1.18. The number of benzene rings is 1. The van der Waals surface area contributed by atoms with E-state index < -0.39 is 11.1 Å². The molecular formula is C15H15BrN2O3S. The fourth-order valence-corrected chi connectivity index (χ4v) is 4.25. The van der Waals surface area contributed by atoms with Gasteiger partial charge in [0.2, 0.25) is 0 Å². The molecule has 2 unspecified atom stereocenters. The molecule has 3 aliphatic rings. The number of rotatable bonds is 0. The molecule has 1 aromatic carbocycles. The molecule has 22 heavy (non-hydrogen) atoms. The second-order valence-corrected chi connectivity index (χ2v) is 7.40. The average Bonchev–Trinajstić information content (AvgIpc) is 2.75. The smallest absolute Gasteiger partial charge is 0.256 e. The molecule has 4 rings (SSSR count). The van der Waals surface area contributed by atoms with E-state index in [-0.39, 0.29) is 5.91 Å². The van der Waals surface area contributed by atoms with Crippen molar-refractivity contribution in [2.24, 2.45) is 0 Å². The molecule has 0 aliphatic carbocycles. The van der Waals surface area contributed by atoms with E-state index in [0.29, 0.717) is 23.9 Å². The normalized spacial score (nSPS) is 33.3. The topological polar surface area (TPSA) is 59.6 Å². The van der Waals surface area contributed by atoms with Gasteiger partial charge in [0, 0.05) is 23.1 Å². The number of carbonyl (C=O) groups excluding carboxylic acids is 1. The molecule has 2 spiro atoms. The summed E-state index contributed by atoms with van der Waals surface area (Å²) in [5.74, 6) is 0.595. The third-order valence-electron chi connectivity index (χ3n) is 4.54. The van der Waals surface area contributed by atoms with Crippen LogP contribution < -0.4 is 15.4 Å². The second-order valence-electron chi connectivity index (χ2n) is 6.07. The van der Waals surface area contributed by atoms with Crippen LogP contribution in [-0.2, 0) is 15.1 Å². The van der Waals surface area contributed by atoms with Crippen molar-refractivity contribution >= 4 is 39.2 Å². The lowest BCUT2D eigenvalue weighted by Crippen LogP contribution is -2.58. The van der Waals surface area contributed by atoms with Crippen LogP contribution in [0.1, 0.15) is 24.8 Å². The lowest BCUT2D eigenvalue weighted by atomic mass is 9.74. The third-order valence-corrected chi connectivity index (χ3v) is 5.24. The Bertz CT molecular complexity index is 675. The Kier molecular flexibility index (Phi) is 3.22. The SMILES string of the molecule is O=C1NC(=S)NC12CC1(CCCOC1)Oc1ccc(Br)cc12.